The minimum atomic E-state index is -0.372. The van der Waals surface area contributed by atoms with E-state index in [0.717, 1.165) is 0 Å². The number of aromatic hydroxyl groups is 1. The number of pyridine rings is 1. The Morgan fingerprint density at radius 2 is 2.30 bits per heavy atom. The lowest BCUT2D eigenvalue weighted by atomic mass is 10.3. The molecule has 0 aliphatic carbocycles. The molecule has 0 bridgehead atoms. The minimum absolute atomic E-state index is 0.238. The quantitative estimate of drug-likeness (QED) is 0.540. The fourth-order valence-corrected chi connectivity index (χ4v) is 0.777. The molecule has 0 amide bonds. The standard InChI is InChI=1S/C6H7NO2S/c1-4-6(9)5(8)2-3-7(4)10/h2-3,9-10H,1H3. The van der Waals surface area contributed by atoms with E-state index in [0.29, 0.717) is 5.69 Å². The van der Waals surface area contributed by atoms with Gasteiger partial charge < -0.3 is 5.11 Å². The molecule has 0 saturated heterocycles. The Hall–Kier alpha value is -0.900. The van der Waals surface area contributed by atoms with Gasteiger partial charge in [0.1, 0.15) is 0 Å². The molecule has 1 aromatic rings. The summed E-state index contributed by atoms with van der Waals surface area (Å²) in [5.74, 6) is -0.238. The Morgan fingerprint density at radius 3 is 2.80 bits per heavy atom. The summed E-state index contributed by atoms with van der Waals surface area (Å²) in [6.45, 7) is 1.61. The average Bonchev–Trinajstić information content (AvgIpc) is 1.93. The third kappa shape index (κ3) is 1.02. The van der Waals surface area contributed by atoms with Gasteiger partial charge in [-0.3, -0.25) is 8.77 Å². The highest BCUT2D eigenvalue weighted by atomic mass is 32.1. The smallest absolute Gasteiger partial charge is 0.223 e. The first-order valence-electron chi connectivity index (χ1n) is 2.73. The van der Waals surface area contributed by atoms with Gasteiger partial charge in [-0.05, 0) is 6.92 Å². The Labute approximate surface area is 63.5 Å². The van der Waals surface area contributed by atoms with Crippen LogP contribution in [0.1, 0.15) is 5.69 Å². The Bertz CT molecular complexity index is 305. The van der Waals surface area contributed by atoms with Gasteiger partial charge in [0.2, 0.25) is 5.43 Å². The van der Waals surface area contributed by atoms with Crippen LogP contribution in [0.25, 0.3) is 0 Å². The van der Waals surface area contributed by atoms with Crippen molar-refractivity contribution in [2.75, 3.05) is 0 Å². The maximum Gasteiger partial charge on any atom is 0.223 e. The van der Waals surface area contributed by atoms with E-state index in [9.17, 15) is 4.79 Å². The third-order valence-electron chi connectivity index (χ3n) is 1.29. The highest BCUT2D eigenvalue weighted by Crippen LogP contribution is 2.08. The first-order chi connectivity index (χ1) is 4.63. The lowest BCUT2D eigenvalue weighted by molar-refractivity contribution is 0.461. The number of hydrogen-bond donors (Lipinski definition) is 2. The summed E-state index contributed by atoms with van der Waals surface area (Å²) < 4.78 is 1.39. The van der Waals surface area contributed by atoms with E-state index in [-0.39, 0.29) is 11.2 Å². The summed E-state index contributed by atoms with van der Waals surface area (Å²) in [4.78, 5) is 10.7. The van der Waals surface area contributed by atoms with Crippen LogP contribution in [-0.4, -0.2) is 9.08 Å². The van der Waals surface area contributed by atoms with Gasteiger partial charge >= 0.3 is 0 Å². The normalized spacial score (nSPS) is 9.80. The maximum atomic E-state index is 10.7. The molecule has 10 heavy (non-hydrogen) atoms. The van der Waals surface area contributed by atoms with Crippen molar-refractivity contribution in [3.05, 3.63) is 28.2 Å². The lowest BCUT2D eigenvalue weighted by Gasteiger charge is -2.01. The van der Waals surface area contributed by atoms with Gasteiger partial charge in [0, 0.05) is 12.3 Å². The minimum Gasteiger partial charge on any atom is -0.503 e. The van der Waals surface area contributed by atoms with Crippen molar-refractivity contribution < 1.29 is 5.11 Å². The predicted molar refractivity (Wildman–Crippen MR) is 41.5 cm³/mol. The lowest BCUT2D eigenvalue weighted by Crippen LogP contribution is -2.03. The van der Waals surface area contributed by atoms with Gasteiger partial charge in [0.25, 0.3) is 0 Å². The number of thiol groups is 1. The van der Waals surface area contributed by atoms with Crippen LogP contribution in [0, 0.1) is 6.92 Å². The number of hydrogen-bond acceptors (Lipinski definition) is 3. The van der Waals surface area contributed by atoms with Crippen molar-refractivity contribution in [2.45, 2.75) is 6.92 Å². The van der Waals surface area contributed by atoms with E-state index in [1.807, 2.05) is 0 Å². The van der Waals surface area contributed by atoms with E-state index in [4.69, 9.17) is 5.11 Å². The summed E-state index contributed by atoms with van der Waals surface area (Å²) in [7, 11) is 0. The van der Waals surface area contributed by atoms with E-state index in [2.05, 4.69) is 12.8 Å². The second-order valence-corrected chi connectivity index (χ2v) is 2.39. The SMILES string of the molecule is Cc1c(O)c(=O)ccn1S. The van der Waals surface area contributed by atoms with Crippen LogP contribution in [0.2, 0.25) is 0 Å². The maximum absolute atomic E-state index is 10.7. The zero-order valence-electron chi connectivity index (χ0n) is 5.40. The largest absolute Gasteiger partial charge is 0.503 e. The Morgan fingerprint density at radius 1 is 1.70 bits per heavy atom. The van der Waals surface area contributed by atoms with Gasteiger partial charge in [-0.2, -0.15) is 0 Å². The van der Waals surface area contributed by atoms with Gasteiger partial charge in [-0.1, -0.05) is 12.8 Å². The number of rotatable bonds is 0. The molecule has 0 fully saturated rings. The Kier molecular flexibility index (Phi) is 1.72. The van der Waals surface area contributed by atoms with Crippen molar-refractivity contribution in [3.63, 3.8) is 0 Å². The molecule has 0 aliphatic heterocycles. The molecule has 0 atom stereocenters. The van der Waals surface area contributed by atoms with Crippen LogP contribution >= 0.6 is 12.8 Å². The molecule has 1 rings (SSSR count). The summed E-state index contributed by atoms with van der Waals surface area (Å²) in [5.41, 5.74) is 0.0821. The zero-order valence-corrected chi connectivity index (χ0v) is 6.30. The van der Waals surface area contributed by atoms with E-state index in [1.165, 1.54) is 16.2 Å². The molecule has 1 N–H and O–H groups in total. The van der Waals surface area contributed by atoms with Crippen LogP contribution in [0.15, 0.2) is 17.1 Å². The highest BCUT2D eigenvalue weighted by Gasteiger charge is 2.00. The number of aromatic nitrogens is 1. The van der Waals surface area contributed by atoms with Crippen LogP contribution < -0.4 is 5.43 Å². The number of nitrogens with zero attached hydrogens (tertiary/aromatic N) is 1. The molecule has 54 valence electrons. The van der Waals surface area contributed by atoms with Gasteiger partial charge in [-0.15, -0.1) is 0 Å². The van der Waals surface area contributed by atoms with E-state index < -0.39 is 0 Å². The molecule has 1 heterocycles. The first-order valence-corrected chi connectivity index (χ1v) is 3.13. The summed E-state index contributed by atoms with van der Waals surface area (Å²) in [6.07, 6.45) is 1.49. The monoisotopic (exact) mass is 157 g/mol. The van der Waals surface area contributed by atoms with Crippen LogP contribution in [-0.2, 0) is 0 Å². The third-order valence-corrected chi connectivity index (χ3v) is 1.72. The average molecular weight is 157 g/mol. The molecule has 0 unspecified atom stereocenters. The molecular formula is C6H7NO2S. The summed E-state index contributed by atoms with van der Waals surface area (Å²) in [6, 6.07) is 1.26. The molecule has 1 aromatic heterocycles. The van der Waals surface area contributed by atoms with E-state index in [1.54, 1.807) is 6.92 Å². The topological polar surface area (TPSA) is 42.2 Å². The van der Waals surface area contributed by atoms with Gasteiger partial charge in [0.15, 0.2) is 5.75 Å². The fraction of sp³-hybridized carbons (Fsp3) is 0.167. The van der Waals surface area contributed by atoms with Gasteiger partial charge in [0.05, 0.1) is 5.69 Å². The summed E-state index contributed by atoms with van der Waals surface area (Å²) in [5, 5.41) is 9.00. The van der Waals surface area contributed by atoms with Crippen molar-refractivity contribution in [2.24, 2.45) is 0 Å². The second-order valence-electron chi connectivity index (χ2n) is 1.96. The molecule has 0 saturated carbocycles. The fourth-order valence-electron chi connectivity index (χ4n) is 0.616. The van der Waals surface area contributed by atoms with Crippen molar-refractivity contribution in [1.29, 1.82) is 0 Å². The van der Waals surface area contributed by atoms with Crippen LogP contribution in [0.3, 0.4) is 0 Å². The molecule has 3 nitrogen and oxygen atoms in total. The molecule has 0 aliphatic rings. The molecule has 0 spiro atoms. The van der Waals surface area contributed by atoms with Crippen molar-refractivity contribution in [3.8, 4) is 5.75 Å². The molecule has 0 radical (unpaired) electrons. The molecule has 4 heteroatoms. The van der Waals surface area contributed by atoms with Crippen LogP contribution in [0.5, 0.6) is 5.75 Å². The van der Waals surface area contributed by atoms with Gasteiger partial charge in [-0.25, -0.2) is 0 Å². The van der Waals surface area contributed by atoms with E-state index >= 15 is 0 Å². The highest BCUT2D eigenvalue weighted by molar-refractivity contribution is 7.78. The second kappa shape index (κ2) is 2.38. The Balaban J connectivity index is 3.49. The van der Waals surface area contributed by atoms with Crippen molar-refractivity contribution in [1.82, 2.24) is 3.97 Å². The van der Waals surface area contributed by atoms with Crippen molar-refractivity contribution >= 4 is 12.8 Å². The molecule has 0 aromatic carbocycles. The predicted octanol–water partition coefficient (Wildman–Crippen LogP) is 0.555. The first kappa shape index (κ1) is 7.21. The molecular weight excluding hydrogens is 150 g/mol. The summed E-state index contributed by atoms with van der Waals surface area (Å²) >= 11 is 3.93. The van der Waals surface area contributed by atoms with Crippen LogP contribution in [0.4, 0.5) is 0 Å². The zero-order chi connectivity index (χ0) is 7.72.